The predicted octanol–water partition coefficient (Wildman–Crippen LogP) is 22.0. The Bertz CT molecular complexity index is 1890. The second-order valence-corrected chi connectivity index (χ2v) is 26.1. The van der Waals surface area contributed by atoms with Gasteiger partial charge >= 0.3 is 5.97 Å². The first kappa shape index (κ1) is 82.4. The summed E-state index contributed by atoms with van der Waals surface area (Å²) in [4.78, 5) is 40.2. The molecule has 1 amide bonds. The van der Waals surface area contributed by atoms with E-state index in [2.05, 4.69) is 135 Å². The number of rotatable bonds is 63. The van der Waals surface area contributed by atoms with Crippen molar-refractivity contribution in [3.63, 3.8) is 0 Å². The second kappa shape index (κ2) is 64.4. The molecule has 0 spiro atoms. The first-order chi connectivity index (χ1) is 41.9. The molecule has 9 nitrogen and oxygen atoms in total. The average Bonchev–Trinajstić information content (AvgIpc) is 3.69. The summed E-state index contributed by atoms with van der Waals surface area (Å²) in [6, 6.07) is -0.906. The minimum atomic E-state index is -4.72. The SMILES string of the molecule is CC/C=C\C/C=C\C/C=C\C/C=C\C/C=C\CCCCCCCCCCCC(=O)NC(COP(=O)([O-])OCC[N+](C)(C)C)C(/C=C/CCCCCCCCCCCC)OC(=O)CCCCCCCCC/C=C\C/C=C\C/C=C\C/C=C\CCCCC. The minimum absolute atomic E-state index is 0.0313. The van der Waals surface area contributed by atoms with Crippen LogP contribution in [-0.4, -0.2) is 69.4 Å². The number of ether oxygens (including phenoxy) is 1. The monoisotopic (exact) mass is 1220 g/mol. The van der Waals surface area contributed by atoms with Gasteiger partial charge in [0.15, 0.2) is 0 Å². The molecule has 0 aromatic carbocycles. The molecule has 0 aliphatic rings. The van der Waals surface area contributed by atoms with E-state index in [1.54, 1.807) is 0 Å². The summed E-state index contributed by atoms with van der Waals surface area (Å²) in [5, 5.41) is 3.03. The third-order valence-corrected chi connectivity index (χ3v) is 16.1. The standard InChI is InChI=1S/C76H133N2O7P/c1-7-10-13-16-19-22-25-28-30-32-34-36-38-39-41-42-44-46-48-50-53-56-59-62-65-68-75(79)77-73(72-84-86(81,82)83-71-70-78(4,5)6)74(67-64-61-58-55-52-27-24-21-18-15-12-9-3)85-76(80)69-66-63-60-57-54-51-49-47-45-43-40-37-35-33-31-29-26-23-20-17-14-11-8-2/h10,13,19-20,22-23,28-31,34-37,39,41,43,45,64,67,73-74H,7-9,11-12,14-18,21,24-27,32-33,38,40,42,44,46-63,65-66,68-72H2,1-6H3,(H-,77,79,81,82)/b13-10-,22-19-,23-20-,30-28-,31-29-,36-34-,37-35-,41-39-,45-43-,67-64+. The fraction of sp³-hybridized carbons (Fsp3) is 0.711. The van der Waals surface area contributed by atoms with Crippen molar-refractivity contribution in [1.29, 1.82) is 0 Å². The van der Waals surface area contributed by atoms with Crippen molar-refractivity contribution < 1.29 is 37.3 Å². The van der Waals surface area contributed by atoms with E-state index in [0.29, 0.717) is 23.9 Å². The topological polar surface area (TPSA) is 114 Å². The Morgan fingerprint density at radius 1 is 0.419 bits per heavy atom. The molecule has 86 heavy (non-hydrogen) atoms. The van der Waals surface area contributed by atoms with E-state index in [1.165, 1.54) is 128 Å². The summed E-state index contributed by atoms with van der Waals surface area (Å²) in [5.74, 6) is -0.562. The molecular weight excluding hydrogens is 1080 g/mol. The van der Waals surface area contributed by atoms with Crippen LogP contribution >= 0.6 is 7.82 Å². The normalized spacial score (nSPS) is 14.3. The summed E-state index contributed by atoms with van der Waals surface area (Å²) in [6.45, 7) is 6.70. The van der Waals surface area contributed by atoms with E-state index in [1.807, 2.05) is 33.3 Å². The first-order valence-electron chi connectivity index (χ1n) is 35.3. The number of carbonyl (C=O) groups is 2. The summed E-state index contributed by atoms with van der Waals surface area (Å²) in [5.41, 5.74) is 0. The van der Waals surface area contributed by atoms with Gasteiger partial charge in [-0.2, -0.15) is 0 Å². The van der Waals surface area contributed by atoms with Crippen LogP contribution in [0.25, 0.3) is 0 Å². The van der Waals surface area contributed by atoms with Crippen molar-refractivity contribution in [3.8, 4) is 0 Å². The van der Waals surface area contributed by atoms with Crippen LogP contribution < -0.4 is 10.2 Å². The fourth-order valence-corrected chi connectivity index (χ4v) is 10.4. The van der Waals surface area contributed by atoms with Crippen molar-refractivity contribution in [2.24, 2.45) is 0 Å². The number of hydrogen-bond acceptors (Lipinski definition) is 7. The lowest BCUT2D eigenvalue weighted by Crippen LogP contribution is -2.47. The van der Waals surface area contributed by atoms with Gasteiger partial charge in [-0.25, -0.2) is 0 Å². The number of allylic oxidation sites excluding steroid dienone is 19. The Hall–Kier alpha value is -3.59. The molecular formula is C76H133N2O7P. The lowest BCUT2D eigenvalue weighted by atomic mass is 10.0. The number of nitrogens with one attached hydrogen (secondary N) is 1. The van der Waals surface area contributed by atoms with Gasteiger partial charge in [-0.15, -0.1) is 0 Å². The van der Waals surface area contributed by atoms with Gasteiger partial charge in [-0.3, -0.25) is 14.2 Å². The molecule has 3 unspecified atom stereocenters. The lowest BCUT2D eigenvalue weighted by molar-refractivity contribution is -0.870. The Morgan fingerprint density at radius 2 is 0.744 bits per heavy atom. The van der Waals surface area contributed by atoms with Crippen LogP contribution in [0.15, 0.2) is 122 Å². The van der Waals surface area contributed by atoms with Crippen molar-refractivity contribution in [1.82, 2.24) is 5.32 Å². The molecule has 1 N–H and O–H groups in total. The molecule has 0 aromatic heterocycles. The number of carbonyl (C=O) groups excluding carboxylic acids is 2. The number of phosphoric ester groups is 1. The highest BCUT2D eigenvalue weighted by atomic mass is 31.2. The predicted molar refractivity (Wildman–Crippen MR) is 371 cm³/mol. The third-order valence-electron chi connectivity index (χ3n) is 15.1. The highest BCUT2D eigenvalue weighted by molar-refractivity contribution is 7.45. The van der Waals surface area contributed by atoms with Crippen molar-refractivity contribution in [3.05, 3.63) is 122 Å². The Kier molecular flexibility index (Phi) is 61.7. The Balaban J connectivity index is 5.14. The van der Waals surface area contributed by atoms with Gasteiger partial charge in [0, 0.05) is 12.8 Å². The number of unbranched alkanes of at least 4 members (excludes halogenated alkanes) is 29. The van der Waals surface area contributed by atoms with Crippen LogP contribution in [-0.2, 0) is 27.9 Å². The second-order valence-electron chi connectivity index (χ2n) is 24.6. The van der Waals surface area contributed by atoms with Crippen LogP contribution in [0.4, 0.5) is 0 Å². The van der Waals surface area contributed by atoms with E-state index in [4.69, 9.17) is 13.8 Å². The average molecular weight is 1220 g/mol. The number of likely N-dealkylation sites (N-methyl/N-ethyl adjacent to an activating group) is 1. The van der Waals surface area contributed by atoms with E-state index < -0.39 is 26.6 Å². The van der Waals surface area contributed by atoms with E-state index in [9.17, 15) is 19.0 Å². The number of nitrogens with zero attached hydrogens (tertiary/aromatic N) is 1. The zero-order valence-corrected chi connectivity index (χ0v) is 57.4. The zero-order valence-electron chi connectivity index (χ0n) is 56.5. The maximum Gasteiger partial charge on any atom is 0.306 e. The minimum Gasteiger partial charge on any atom is -0.756 e. The fourth-order valence-electron chi connectivity index (χ4n) is 9.71. The summed E-state index contributed by atoms with van der Waals surface area (Å²) in [6.07, 6.45) is 90.2. The molecule has 0 bridgehead atoms. The molecule has 0 fully saturated rings. The van der Waals surface area contributed by atoms with Gasteiger partial charge in [0.05, 0.1) is 33.8 Å². The molecule has 494 valence electrons. The van der Waals surface area contributed by atoms with Gasteiger partial charge in [-0.1, -0.05) is 284 Å². The molecule has 0 radical (unpaired) electrons. The maximum absolute atomic E-state index is 13.6. The molecule has 10 heteroatoms. The van der Waals surface area contributed by atoms with Crippen LogP contribution in [0.5, 0.6) is 0 Å². The van der Waals surface area contributed by atoms with Crippen LogP contribution in [0.1, 0.15) is 297 Å². The van der Waals surface area contributed by atoms with E-state index in [-0.39, 0.29) is 24.9 Å². The van der Waals surface area contributed by atoms with Crippen LogP contribution in [0.3, 0.4) is 0 Å². The smallest absolute Gasteiger partial charge is 0.306 e. The van der Waals surface area contributed by atoms with E-state index >= 15 is 0 Å². The number of hydrogen-bond donors (Lipinski definition) is 1. The maximum atomic E-state index is 13.6. The van der Waals surface area contributed by atoms with Crippen molar-refractivity contribution >= 4 is 19.7 Å². The van der Waals surface area contributed by atoms with Crippen molar-refractivity contribution in [2.45, 2.75) is 309 Å². The third kappa shape index (κ3) is 64.9. The summed E-state index contributed by atoms with van der Waals surface area (Å²) < 4.78 is 30.4. The number of phosphoric acid groups is 1. The molecule has 0 saturated heterocycles. The van der Waals surface area contributed by atoms with E-state index in [0.717, 1.165) is 128 Å². The van der Waals surface area contributed by atoms with Crippen molar-refractivity contribution in [2.75, 3.05) is 40.9 Å². The number of quaternary nitrogens is 1. The molecule has 0 aromatic rings. The first-order valence-corrected chi connectivity index (χ1v) is 36.8. The Morgan fingerprint density at radius 3 is 1.14 bits per heavy atom. The quantitative estimate of drug-likeness (QED) is 0.0212. The van der Waals surface area contributed by atoms with Gasteiger partial charge in [0.2, 0.25) is 5.91 Å². The molecule has 0 saturated carbocycles. The molecule has 3 atom stereocenters. The largest absolute Gasteiger partial charge is 0.756 e. The molecule has 0 aliphatic carbocycles. The highest BCUT2D eigenvalue weighted by Crippen LogP contribution is 2.38. The molecule has 0 heterocycles. The number of esters is 1. The molecule has 0 rings (SSSR count). The van der Waals surface area contributed by atoms with Crippen LogP contribution in [0, 0.1) is 0 Å². The van der Waals surface area contributed by atoms with Gasteiger partial charge < -0.3 is 28.5 Å². The number of amides is 1. The summed E-state index contributed by atoms with van der Waals surface area (Å²) in [7, 11) is 1.16. The summed E-state index contributed by atoms with van der Waals surface area (Å²) >= 11 is 0. The van der Waals surface area contributed by atoms with Gasteiger partial charge in [0.25, 0.3) is 7.82 Å². The zero-order chi connectivity index (χ0) is 62.8. The van der Waals surface area contributed by atoms with Crippen LogP contribution in [0.2, 0.25) is 0 Å². The van der Waals surface area contributed by atoms with Gasteiger partial charge in [-0.05, 0) is 122 Å². The van der Waals surface area contributed by atoms with Gasteiger partial charge in [0.1, 0.15) is 19.3 Å². The Labute approximate surface area is 531 Å². The molecule has 0 aliphatic heterocycles. The lowest BCUT2D eigenvalue weighted by Gasteiger charge is -2.30. The highest BCUT2D eigenvalue weighted by Gasteiger charge is 2.27.